The van der Waals surface area contributed by atoms with Gasteiger partial charge in [0.2, 0.25) is 10.0 Å². The van der Waals surface area contributed by atoms with Crippen molar-refractivity contribution < 1.29 is 17.9 Å². The van der Waals surface area contributed by atoms with Crippen molar-refractivity contribution in [3.8, 4) is 5.75 Å². The van der Waals surface area contributed by atoms with Crippen LogP contribution in [0, 0.1) is 0 Å². The molecule has 0 atom stereocenters. The summed E-state index contributed by atoms with van der Waals surface area (Å²) in [6.07, 6.45) is 1.29. The first-order valence-corrected chi connectivity index (χ1v) is 9.74. The highest BCUT2D eigenvalue weighted by molar-refractivity contribution is 7.89. The zero-order valence-electron chi connectivity index (χ0n) is 14.1. The predicted molar refractivity (Wildman–Crippen MR) is 95.3 cm³/mol. The number of benzene rings is 2. The minimum Gasteiger partial charge on any atom is -0.490 e. The van der Waals surface area contributed by atoms with Gasteiger partial charge in [0.25, 0.3) is 0 Å². The molecular weight excluding hydrogens is 338 g/mol. The van der Waals surface area contributed by atoms with Crippen molar-refractivity contribution in [3.63, 3.8) is 0 Å². The average molecular weight is 359 g/mol. The molecule has 0 N–H and O–H groups in total. The maximum atomic E-state index is 12.8. The van der Waals surface area contributed by atoms with E-state index in [1.807, 2.05) is 30.3 Å². The van der Waals surface area contributed by atoms with Crippen molar-refractivity contribution in [1.82, 2.24) is 4.31 Å². The number of rotatable bonds is 5. The Balaban J connectivity index is 1.67. The molecule has 25 heavy (non-hydrogen) atoms. The molecule has 0 spiro atoms. The predicted octanol–water partition coefficient (Wildman–Crippen LogP) is 3.12. The van der Waals surface area contributed by atoms with Crippen LogP contribution >= 0.6 is 0 Å². The molecule has 1 aliphatic rings. The minimum atomic E-state index is -3.59. The van der Waals surface area contributed by atoms with Crippen LogP contribution in [0.15, 0.2) is 59.5 Å². The number of carbonyl (C=O) groups is 1. The largest absolute Gasteiger partial charge is 0.490 e. The number of para-hydroxylation sites is 1. The van der Waals surface area contributed by atoms with E-state index in [1.54, 1.807) is 12.1 Å². The van der Waals surface area contributed by atoms with Gasteiger partial charge >= 0.3 is 0 Å². The van der Waals surface area contributed by atoms with E-state index in [-0.39, 0.29) is 16.8 Å². The van der Waals surface area contributed by atoms with E-state index in [9.17, 15) is 13.2 Å². The second-order valence-electron chi connectivity index (χ2n) is 6.12. The Labute approximate surface area is 148 Å². The Morgan fingerprint density at radius 3 is 2.36 bits per heavy atom. The van der Waals surface area contributed by atoms with Gasteiger partial charge < -0.3 is 4.74 Å². The van der Waals surface area contributed by atoms with E-state index in [0.717, 1.165) is 5.75 Å². The Morgan fingerprint density at radius 2 is 1.72 bits per heavy atom. The topological polar surface area (TPSA) is 63.7 Å². The fraction of sp³-hybridized carbons (Fsp3) is 0.316. The van der Waals surface area contributed by atoms with Crippen LogP contribution in [0.3, 0.4) is 0 Å². The van der Waals surface area contributed by atoms with Gasteiger partial charge in [0.15, 0.2) is 5.78 Å². The van der Waals surface area contributed by atoms with Crippen molar-refractivity contribution in [2.75, 3.05) is 13.1 Å². The highest BCUT2D eigenvalue weighted by Gasteiger charge is 2.30. The van der Waals surface area contributed by atoms with Crippen LogP contribution in [-0.4, -0.2) is 37.7 Å². The number of hydrogen-bond donors (Lipinski definition) is 0. The van der Waals surface area contributed by atoms with E-state index < -0.39 is 10.0 Å². The molecule has 132 valence electrons. The molecule has 1 saturated heterocycles. The van der Waals surface area contributed by atoms with Crippen molar-refractivity contribution in [2.24, 2.45) is 0 Å². The lowest BCUT2D eigenvalue weighted by Gasteiger charge is -2.31. The summed E-state index contributed by atoms with van der Waals surface area (Å²) in [6.45, 7) is 2.24. The quantitative estimate of drug-likeness (QED) is 0.770. The van der Waals surface area contributed by atoms with Crippen LogP contribution in [0.2, 0.25) is 0 Å². The van der Waals surface area contributed by atoms with Crippen LogP contribution in [0.5, 0.6) is 5.75 Å². The van der Waals surface area contributed by atoms with Gasteiger partial charge in [-0.25, -0.2) is 8.42 Å². The van der Waals surface area contributed by atoms with Gasteiger partial charge in [0, 0.05) is 18.7 Å². The SMILES string of the molecule is CC(=O)c1cccc(S(=O)(=O)N2CCC(Oc3ccccc3)CC2)c1. The van der Waals surface area contributed by atoms with Crippen LogP contribution < -0.4 is 4.74 Å². The van der Waals surface area contributed by atoms with E-state index in [2.05, 4.69) is 0 Å². The van der Waals surface area contributed by atoms with Gasteiger partial charge in [0.1, 0.15) is 11.9 Å². The molecule has 0 bridgehead atoms. The average Bonchev–Trinajstić information content (AvgIpc) is 2.63. The summed E-state index contributed by atoms with van der Waals surface area (Å²) in [4.78, 5) is 11.7. The Morgan fingerprint density at radius 1 is 1.04 bits per heavy atom. The zero-order chi connectivity index (χ0) is 17.9. The van der Waals surface area contributed by atoms with Crippen molar-refractivity contribution in [3.05, 3.63) is 60.2 Å². The van der Waals surface area contributed by atoms with Crippen LogP contribution in [-0.2, 0) is 10.0 Å². The lowest BCUT2D eigenvalue weighted by atomic mass is 10.1. The maximum Gasteiger partial charge on any atom is 0.243 e. The van der Waals surface area contributed by atoms with Gasteiger partial charge in [-0.1, -0.05) is 30.3 Å². The Bertz CT molecular complexity index is 841. The summed E-state index contributed by atoms with van der Waals surface area (Å²) >= 11 is 0. The molecule has 0 saturated carbocycles. The lowest BCUT2D eigenvalue weighted by molar-refractivity contribution is 0.101. The number of carbonyl (C=O) groups excluding carboxylic acids is 1. The number of Topliss-reactive ketones (excluding diaryl/α,β-unsaturated/α-hetero) is 1. The Hall–Kier alpha value is -2.18. The molecule has 6 heteroatoms. The fourth-order valence-electron chi connectivity index (χ4n) is 2.91. The van der Waals surface area contributed by atoms with E-state index >= 15 is 0 Å². The van der Waals surface area contributed by atoms with Gasteiger partial charge in [-0.05, 0) is 44.0 Å². The molecule has 0 radical (unpaired) electrons. The number of nitrogens with zero attached hydrogens (tertiary/aromatic N) is 1. The lowest BCUT2D eigenvalue weighted by Crippen LogP contribution is -2.41. The number of sulfonamides is 1. The summed E-state index contributed by atoms with van der Waals surface area (Å²) in [5.41, 5.74) is 0.406. The van der Waals surface area contributed by atoms with Gasteiger partial charge in [0.05, 0.1) is 4.90 Å². The smallest absolute Gasteiger partial charge is 0.243 e. The van der Waals surface area contributed by atoms with Gasteiger partial charge in [-0.3, -0.25) is 4.79 Å². The van der Waals surface area contributed by atoms with E-state index in [1.165, 1.54) is 23.4 Å². The molecule has 1 fully saturated rings. The first-order valence-electron chi connectivity index (χ1n) is 8.29. The Kier molecular flexibility index (Phi) is 5.20. The molecule has 1 aliphatic heterocycles. The van der Waals surface area contributed by atoms with Gasteiger partial charge in [-0.15, -0.1) is 0 Å². The highest BCUT2D eigenvalue weighted by Crippen LogP contribution is 2.24. The second kappa shape index (κ2) is 7.37. The first kappa shape index (κ1) is 17.6. The normalized spacial score (nSPS) is 16.5. The standard InChI is InChI=1S/C19H21NO4S/c1-15(21)16-6-5-9-19(14-16)25(22,23)20-12-10-18(11-13-20)24-17-7-3-2-4-8-17/h2-9,14,18H,10-13H2,1H3. The van der Waals surface area contributed by atoms with E-state index in [4.69, 9.17) is 4.74 Å². The molecular formula is C19H21NO4S. The summed E-state index contributed by atoms with van der Waals surface area (Å²) in [5, 5.41) is 0. The van der Waals surface area contributed by atoms with Crippen molar-refractivity contribution >= 4 is 15.8 Å². The van der Waals surface area contributed by atoms with Crippen LogP contribution in [0.1, 0.15) is 30.1 Å². The molecule has 0 aliphatic carbocycles. The molecule has 0 unspecified atom stereocenters. The molecule has 0 amide bonds. The van der Waals surface area contributed by atoms with Crippen LogP contribution in [0.25, 0.3) is 0 Å². The van der Waals surface area contributed by atoms with E-state index in [0.29, 0.717) is 31.5 Å². The minimum absolute atomic E-state index is 0.0115. The third kappa shape index (κ3) is 4.08. The molecule has 0 aromatic heterocycles. The summed E-state index contributed by atoms with van der Waals surface area (Å²) < 4.78 is 33.0. The number of ether oxygens (including phenoxy) is 1. The first-order chi connectivity index (χ1) is 12.0. The summed E-state index contributed by atoms with van der Waals surface area (Å²) in [7, 11) is -3.59. The summed E-state index contributed by atoms with van der Waals surface area (Å²) in [6, 6.07) is 15.8. The molecule has 3 rings (SSSR count). The fourth-order valence-corrected chi connectivity index (χ4v) is 4.42. The number of piperidine rings is 1. The molecule has 5 nitrogen and oxygen atoms in total. The second-order valence-corrected chi connectivity index (χ2v) is 8.06. The zero-order valence-corrected chi connectivity index (χ0v) is 14.9. The molecule has 1 heterocycles. The van der Waals surface area contributed by atoms with Crippen molar-refractivity contribution in [2.45, 2.75) is 30.8 Å². The monoisotopic (exact) mass is 359 g/mol. The van der Waals surface area contributed by atoms with Crippen molar-refractivity contribution in [1.29, 1.82) is 0 Å². The third-order valence-corrected chi connectivity index (χ3v) is 6.22. The number of hydrogen-bond acceptors (Lipinski definition) is 4. The molecule has 2 aromatic rings. The van der Waals surface area contributed by atoms with Crippen LogP contribution in [0.4, 0.5) is 0 Å². The highest BCUT2D eigenvalue weighted by atomic mass is 32.2. The third-order valence-electron chi connectivity index (χ3n) is 4.33. The maximum absolute atomic E-state index is 12.8. The van der Waals surface area contributed by atoms with Gasteiger partial charge in [-0.2, -0.15) is 4.31 Å². The summed E-state index contributed by atoms with van der Waals surface area (Å²) in [5.74, 6) is 0.657. The number of ketones is 1. The molecule has 2 aromatic carbocycles.